The van der Waals surface area contributed by atoms with Gasteiger partial charge in [-0.05, 0) is 62.1 Å². The van der Waals surface area contributed by atoms with Crippen molar-refractivity contribution in [3.63, 3.8) is 0 Å². The molecule has 0 atom stereocenters. The van der Waals surface area contributed by atoms with Crippen molar-refractivity contribution in [2.24, 2.45) is 0 Å². The van der Waals surface area contributed by atoms with Crippen molar-refractivity contribution < 1.29 is 9.18 Å². The molecule has 1 aliphatic rings. The standard InChI is InChI=1S/C21H20FN3O/c1-24(16-7-3-2-4-8-16)21(26)20-18-9-5-6-10-19(18)25(23-20)17-13-11-15(22)12-14-17/h2-4,7-8,11-14H,5-6,9-10H2,1H3. The molecule has 1 aromatic heterocycles. The average molecular weight is 349 g/mol. The van der Waals surface area contributed by atoms with E-state index in [1.807, 2.05) is 30.3 Å². The molecule has 4 nitrogen and oxygen atoms in total. The highest BCUT2D eigenvalue weighted by atomic mass is 19.1. The van der Waals surface area contributed by atoms with Gasteiger partial charge in [0, 0.05) is 24.0 Å². The number of anilines is 1. The largest absolute Gasteiger partial charge is 0.310 e. The van der Waals surface area contributed by atoms with Crippen LogP contribution in [0, 0.1) is 5.82 Å². The number of halogens is 1. The first-order valence-corrected chi connectivity index (χ1v) is 8.85. The lowest BCUT2D eigenvalue weighted by Gasteiger charge is -2.18. The van der Waals surface area contributed by atoms with Gasteiger partial charge in [0.15, 0.2) is 5.69 Å². The Morgan fingerprint density at radius 2 is 1.73 bits per heavy atom. The number of amides is 1. The molecule has 132 valence electrons. The number of nitrogens with zero attached hydrogens (tertiary/aromatic N) is 3. The number of carbonyl (C=O) groups is 1. The van der Waals surface area contributed by atoms with Gasteiger partial charge in [-0.25, -0.2) is 9.07 Å². The fourth-order valence-electron chi connectivity index (χ4n) is 3.49. The second-order valence-corrected chi connectivity index (χ2v) is 6.57. The van der Waals surface area contributed by atoms with Crippen LogP contribution in [0.25, 0.3) is 5.69 Å². The van der Waals surface area contributed by atoms with Gasteiger partial charge in [-0.1, -0.05) is 18.2 Å². The van der Waals surface area contributed by atoms with E-state index in [0.717, 1.165) is 48.3 Å². The molecule has 0 N–H and O–H groups in total. The fourth-order valence-corrected chi connectivity index (χ4v) is 3.49. The molecule has 0 radical (unpaired) electrons. The lowest BCUT2D eigenvalue weighted by Crippen LogP contribution is -2.27. The molecule has 5 heteroatoms. The molecule has 3 aromatic rings. The predicted octanol–water partition coefficient (Wildman–Crippen LogP) is 4.17. The number of fused-ring (bicyclic) bond motifs is 1. The number of hydrogen-bond donors (Lipinski definition) is 0. The van der Waals surface area contributed by atoms with Gasteiger partial charge in [-0.15, -0.1) is 0 Å². The summed E-state index contributed by atoms with van der Waals surface area (Å²) in [5.74, 6) is -0.398. The molecule has 0 bridgehead atoms. The summed E-state index contributed by atoms with van der Waals surface area (Å²) in [6, 6.07) is 15.8. The van der Waals surface area contributed by atoms with E-state index in [2.05, 4.69) is 5.10 Å². The summed E-state index contributed by atoms with van der Waals surface area (Å²) in [6.07, 6.45) is 3.85. The number of carbonyl (C=O) groups excluding carboxylic acids is 1. The average Bonchev–Trinajstić information content (AvgIpc) is 3.08. The number of aromatic nitrogens is 2. The molecule has 0 unspecified atom stereocenters. The highest BCUT2D eigenvalue weighted by molar-refractivity contribution is 6.05. The van der Waals surface area contributed by atoms with Crippen LogP contribution in [0.3, 0.4) is 0 Å². The summed E-state index contributed by atoms with van der Waals surface area (Å²) in [5, 5.41) is 4.64. The van der Waals surface area contributed by atoms with Gasteiger partial charge >= 0.3 is 0 Å². The van der Waals surface area contributed by atoms with Crippen molar-refractivity contribution in [2.45, 2.75) is 25.7 Å². The normalized spacial score (nSPS) is 13.3. The predicted molar refractivity (Wildman–Crippen MR) is 99.3 cm³/mol. The molecule has 1 heterocycles. The van der Waals surface area contributed by atoms with Gasteiger partial charge in [-0.2, -0.15) is 5.10 Å². The number of para-hydroxylation sites is 1. The zero-order valence-corrected chi connectivity index (χ0v) is 14.7. The van der Waals surface area contributed by atoms with Crippen LogP contribution in [-0.4, -0.2) is 22.7 Å². The Balaban J connectivity index is 1.77. The third-order valence-corrected chi connectivity index (χ3v) is 4.90. The summed E-state index contributed by atoms with van der Waals surface area (Å²) >= 11 is 0. The SMILES string of the molecule is CN(C(=O)c1nn(-c2ccc(F)cc2)c2c1CCCC2)c1ccccc1. The van der Waals surface area contributed by atoms with Crippen LogP contribution >= 0.6 is 0 Å². The van der Waals surface area contributed by atoms with Crippen molar-refractivity contribution in [1.29, 1.82) is 0 Å². The quantitative estimate of drug-likeness (QED) is 0.712. The maximum absolute atomic E-state index is 13.3. The van der Waals surface area contributed by atoms with Crippen molar-refractivity contribution >= 4 is 11.6 Å². The second kappa shape index (κ2) is 6.75. The van der Waals surface area contributed by atoms with Crippen LogP contribution in [0.15, 0.2) is 54.6 Å². The molecule has 0 fully saturated rings. The number of hydrogen-bond acceptors (Lipinski definition) is 2. The Labute approximate surface area is 151 Å². The summed E-state index contributed by atoms with van der Waals surface area (Å²) in [6.45, 7) is 0. The van der Waals surface area contributed by atoms with E-state index in [0.29, 0.717) is 5.69 Å². The van der Waals surface area contributed by atoms with E-state index in [1.54, 1.807) is 28.8 Å². The lowest BCUT2D eigenvalue weighted by molar-refractivity contribution is 0.0987. The van der Waals surface area contributed by atoms with Gasteiger partial charge < -0.3 is 4.90 Å². The highest BCUT2D eigenvalue weighted by Crippen LogP contribution is 2.28. The summed E-state index contributed by atoms with van der Waals surface area (Å²) < 4.78 is 15.1. The molecule has 1 amide bonds. The van der Waals surface area contributed by atoms with Crippen molar-refractivity contribution in [2.75, 3.05) is 11.9 Å². The zero-order chi connectivity index (χ0) is 18.1. The topological polar surface area (TPSA) is 38.1 Å². The van der Waals surface area contributed by atoms with Gasteiger partial charge in [0.25, 0.3) is 5.91 Å². The fraction of sp³-hybridized carbons (Fsp3) is 0.238. The van der Waals surface area contributed by atoms with Crippen LogP contribution in [0.2, 0.25) is 0 Å². The molecule has 0 saturated carbocycles. The van der Waals surface area contributed by atoms with Gasteiger partial charge in [0.1, 0.15) is 5.82 Å². The minimum absolute atomic E-state index is 0.116. The maximum Gasteiger partial charge on any atom is 0.278 e. The molecule has 0 spiro atoms. The monoisotopic (exact) mass is 349 g/mol. The van der Waals surface area contributed by atoms with E-state index < -0.39 is 0 Å². The lowest BCUT2D eigenvalue weighted by atomic mass is 9.95. The van der Waals surface area contributed by atoms with E-state index in [1.165, 1.54) is 12.1 Å². The van der Waals surface area contributed by atoms with E-state index in [4.69, 9.17) is 0 Å². The molecule has 4 rings (SSSR count). The van der Waals surface area contributed by atoms with Crippen LogP contribution in [0.5, 0.6) is 0 Å². The van der Waals surface area contributed by atoms with E-state index >= 15 is 0 Å². The van der Waals surface area contributed by atoms with Crippen LogP contribution in [-0.2, 0) is 12.8 Å². The number of rotatable bonds is 3. The van der Waals surface area contributed by atoms with Crippen LogP contribution < -0.4 is 4.90 Å². The maximum atomic E-state index is 13.3. The van der Waals surface area contributed by atoms with Crippen molar-refractivity contribution in [3.8, 4) is 5.69 Å². The summed E-state index contributed by atoms with van der Waals surface area (Å²) in [7, 11) is 1.77. The van der Waals surface area contributed by atoms with Crippen molar-refractivity contribution in [3.05, 3.63) is 77.4 Å². The first-order valence-electron chi connectivity index (χ1n) is 8.85. The third kappa shape index (κ3) is 2.90. The zero-order valence-electron chi connectivity index (χ0n) is 14.7. The Morgan fingerprint density at radius 1 is 1.04 bits per heavy atom. The smallest absolute Gasteiger partial charge is 0.278 e. The Hall–Kier alpha value is -2.95. The first kappa shape index (κ1) is 16.5. The number of benzene rings is 2. The molecular weight excluding hydrogens is 329 g/mol. The summed E-state index contributed by atoms with van der Waals surface area (Å²) in [4.78, 5) is 14.7. The van der Waals surface area contributed by atoms with Gasteiger partial charge in [0.05, 0.1) is 5.69 Å². The van der Waals surface area contributed by atoms with Crippen LogP contribution in [0.4, 0.5) is 10.1 Å². The van der Waals surface area contributed by atoms with Gasteiger partial charge in [0.2, 0.25) is 0 Å². The third-order valence-electron chi connectivity index (χ3n) is 4.90. The summed E-state index contributed by atoms with van der Waals surface area (Å²) in [5.41, 5.74) is 4.20. The molecular formula is C21H20FN3O. The molecule has 1 aliphatic carbocycles. The minimum Gasteiger partial charge on any atom is -0.310 e. The van der Waals surface area contributed by atoms with Gasteiger partial charge in [-0.3, -0.25) is 4.79 Å². The second-order valence-electron chi connectivity index (χ2n) is 6.57. The molecule has 26 heavy (non-hydrogen) atoms. The molecule has 0 aliphatic heterocycles. The Kier molecular flexibility index (Phi) is 4.29. The highest BCUT2D eigenvalue weighted by Gasteiger charge is 2.27. The van der Waals surface area contributed by atoms with E-state index in [-0.39, 0.29) is 11.7 Å². The molecule has 2 aromatic carbocycles. The van der Waals surface area contributed by atoms with Crippen LogP contribution in [0.1, 0.15) is 34.6 Å². The Bertz CT molecular complexity index is 932. The molecule has 0 saturated heterocycles. The van der Waals surface area contributed by atoms with Crippen molar-refractivity contribution in [1.82, 2.24) is 9.78 Å². The Morgan fingerprint density at radius 3 is 2.46 bits per heavy atom. The van der Waals surface area contributed by atoms with E-state index in [9.17, 15) is 9.18 Å². The minimum atomic E-state index is -0.283. The first-order chi connectivity index (χ1) is 12.6.